The standard InChI is InChI=1S/C13H19N3O4S/c1-13(2)6-16(4-5-20-13)11-7(10(15)17)8(14)9(21-11)12(18)19-3/h4-6,14H2,1-3H3,(H2,15,17). The van der Waals surface area contributed by atoms with E-state index in [4.69, 9.17) is 16.2 Å². The van der Waals surface area contributed by atoms with Gasteiger partial charge in [0.1, 0.15) is 9.88 Å². The van der Waals surface area contributed by atoms with Gasteiger partial charge in [0.2, 0.25) is 0 Å². The van der Waals surface area contributed by atoms with E-state index in [-0.39, 0.29) is 21.7 Å². The van der Waals surface area contributed by atoms with Gasteiger partial charge in [-0.1, -0.05) is 0 Å². The van der Waals surface area contributed by atoms with Gasteiger partial charge >= 0.3 is 5.97 Å². The maximum Gasteiger partial charge on any atom is 0.350 e. The lowest BCUT2D eigenvalue weighted by Gasteiger charge is -2.39. The minimum atomic E-state index is -0.654. The maximum absolute atomic E-state index is 11.7. The molecule has 2 rings (SSSR count). The first-order valence-electron chi connectivity index (χ1n) is 6.46. The van der Waals surface area contributed by atoms with Gasteiger partial charge in [0, 0.05) is 13.1 Å². The molecule has 0 atom stereocenters. The van der Waals surface area contributed by atoms with E-state index >= 15 is 0 Å². The number of carbonyl (C=O) groups is 2. The summed E-state index contributed by atoms with van der Waals surface area (Å²) < 4.78 is 10.3. The second-order valence-corrected chi connectivity index (χ2v) is 6.41. The Morgan fingerprint density at radius 3 is 2.62 bits per heavy atom. The van der Waals surface area contributed by atoms with Crippen LogP contribution in [0.2, 0.25) is 0 Å². The molecule has 4 N–H and O–H groups in total. The van der Waals surface area contributed by atoms with Gasteiger partial charge in [-0.25, -0.2) is 4.79 Å². The zero-order valence-electron chi connectivity index (χ0n) is 12.3. The van der Waals surface area contributed by atoms with Crippen molar-refractivity contribution in [2.45, 2.75) is 19.4 Å². The van der Waals surface area contributed by atoms with Gasteiger partial charge in [-0.2, -0.15) is 0 Å². The molecule has 0 aromatic carbocycles. The van der Waals surface area contributed by atoms with Crippen molar-refractivity contribution in [1.82, 2.24) is 0 Å². The van der Waals surface area contributed by atoms with E-state index in [0.717, 1.165) is 11.3 Å². The third kappa shape index (κ3) is 2.96. The lowest BCUT2D eigenvalue weighted by atomic mass is 10.1. The van der Waals surface area contributed by atoms with E-state index in [1.54, 1.807) is 0 Å². The average molecular weight is 313 g/mol. The lowest BCUT2D eigenvalue weighted by molar-refractivity contribution is -0.0275. The molecule has 1 aromatic heterocycles. The van der Waals surface area contributed by atoms with E-state index in [1.165, 1.54) is 7.11 Å². The number of methoxy groups -OCH3 is 1. The number of anilines is 2. The topological polar surface area (TPSA) is 108 Å². The largest absolute Gasteiger partial charge is 0.465 e. The average Bonchev–Trinajstić information content (AvgIpc) is 2.74. The van der Waals surface area contributed by atoms with Gasteiger partial charge < -0.3 is 25.8 Å². The molecule has 1 aromatic rings. The normalized spacial score (nSPS) is 17.6. The molecule has 21 heavy (non-hydrogen) atoms. The van der Waals surface area contributed by atoms with Gasteiger partial charge in [-0.15, -0.1) is 11.3 Å². The number of hydrogen-bond acceptors (Lipinski definition) is 7. The first kappa shape index (κ1) is 15.6. The van der Waals surface area contributed by atoms with Crippen molar-refractivity contribution in [3.8, 4) is 0 Å². The van der Waals surface area contributed by atoms with Gasteiger partial charge in [0.25, 0.3) is 5.91 Å². The van der Waals surface area contributed by atoms with Crippen molar-refractivity contribution in [2.75, 3.05) is 37.4 Å². The Balaban J connectivity index is 2.47. The van der Waals surface area contributed by atoms with E-state index in [0.29, 0.717) is 24.7 Å². The summed E-state index contributed by atoms with van der Waals surface area (Å²) in [6.07, 6.45) is 0. The summed E-state index contributed by atoms with van der Waals surface area (Å²) in [5, 5.41) is 0.594. The second-order valence-electron chi connectivity index (χ2n) is 5.41. The summed E-state index contributed by atoms with van der Waals surface area (Å²) in [7, 11) is 1.27. The number of ether oxygens (including phenoxy) is 2. The fraction of sp³-hybridized carbons (Fsp3) is 0.538. The molecular formula is C13H19N3O4S. The quantitative estimate of drug-likeness (QED) is 0.800. The Morgan fingerprint density at radius 2 is 2.10 bits per heavy atom. The Bertz CT molecular complexity index is 582. The van der Waals surface area contributed by atoms with Crippen LogP contribution in [-0.4, -0.2) is 44.3 Å². The predicted molar refractivity (Wildman–Crippen MR) is 80.8 cm³/mol. The first-order valence-corrected chi connectivity index (χ1v) is 7.28. The van der Waals surface area contributed by atoms with Crippen molar-refractivity contribution in [1.29, 1.82) is 0 Å². The molecule has 7 nitrogen and oxygen atoms in total. The number of morpholine rings is 1. The maximum atomic E-state index is 11.7. The number of thiophene rings is 1. The number of nitrogens with two attached hydrogens (primary N) is 2. The van der Waals surface area contributed by atoms with E-state index < -0.39 is 11.9 Å². The van der Waals surface area contributed by atoms with Gasteiger partial charge in [-0.05, 0) is 13.8 Å². The molecule has 8 heteroatoms. The monoisotopic (exact) mass is 313 g/mol. The summed E-state index contributed by atoms with van der Waals surface area (Å²) in [5.41, 5.74) is 11.2. The smallest absolute Gasteiger partial charge is 0.350 e. The molecule has 1 fully saturated rings. The molecule has 1 aliphatic heterocycles. The number of rotatable bonds is 3. The fourth-order valence-corrected chi connectivity index (χ4v) is 3.50. The SMILES string of the molecule is COC(=O)c1sc(N2CCOC(C)(C)C2)c(C(N)=O)c1N. The zero-order valence-corrected chi connectivity index (χ0v) is 13.1. The van der Waals surface area contributed by atoms with Gasteiger partial charge in [-0.3, -0.25) is 4.79 Å². The van der Waals surface area contributed by atoms with Crippen molar-refractivity contribution in [2.24, 2.45) is 5.73 Å². The van der Waals surface area contributed by atoms with Crippen LogP contribution < -0.4 is 16.4 Å². The van der Waals surface area contributed by atoms with Crippen LogP contribution in [0.3, 0.4) is 0 Å². The summed E-state index contributed by atoms with van der Waals surface area (Å²) in [4.78, 5) is 25.6. The third-order valence-electron chi connectivity index (χ3n) is 3.26. The number of carbonyl (C=O) groups excluding carboxylic acids is 2. The number of amides is 1. The van der Waals surface area contributed by atoms with Crippen LogP contribution in [0.1, 0.15) is 33.9 Å². The molecule has 0 spiro atoms. The first-order chi connectivity index (χ1) is 9.76. The van der Waals surface area contributed by atoms with Crippen LogP contribution >= 0.6 is 11.3 Å². The van der Waals surface area contributed by atoms with Gasteiger partial charge in [0.15, 0.2) is 0 Å². The molecule has 0 aliphatic carbocycles. The van der Waals surface area contributed by atoms with Crippen molar-refractivity contribution < 1.29 is 19.1 Å². The van der Waals surface area contributed by atoms with Crippen LogP contribution in [0.5, 0.6) is 0 Å². The van der Waals surface area contributed by atoms with Crippen LogP contribution in [0.15, 0.2) is 0 Å². The molecule has 0 saturated carbocycles. The highest BCUT2D eigenvalue weighted by molar-refractivity contribution is 7.19. The Hall–Kier alpha value is -1.80. The molecule has 0 radical (unpaired) electrons. The summed E-state index contributed by atoms with van der Waals surface area (Å²) in [6.45, 7) is 5.62. The predicted octanol–water partition coefficient (Wildman–Crippen LogP) is 0.831. The van der Waals surface area contributed by atoms with E-state index in [1.807, 2.05) is 18.7 Å². The highest BCUT2D eigenvalue weighted by Gasteiger charge is 2.33. The Morgan fingerprint density at radius 1 is 1.43 bits per heavy atom. The molecular weight excluding hydrogens is 294 g/mol. The minimum Gasteiger partial charge on any atom is -0.465 e. The Kier molecular flexibility index (Phi) is 4.11. The van der Waals surface area contributed by atoms with E-state index in [9.17, 15) is 9.59 Å². The summed E-state index contributed by atoms with van der Waals surface area (Å²) >= 11 is 1.12. The number of nitrogen functional groups attached to an aromatic ring is 1. The van der Waals surface area contributed by atoms with Crippen molar-refractivity contribution in [3.05, 3.63) is 10.4 Å². The van der Waals surface area contributed by atoms with Crippen LogP contribution in [0.25, 0.3) is 0 Å². The highest BCUT2D eigenvalue weighted by Crippen LogP contribution is 2.39. The third-order valence-corrected chi connectivity index (χ3v) is 4.50. The van der Waals surface area contributed by atoms with Crippen LogP contribution in [-0.2, 0) is 9.47 Å². The number of primary amides is 1. The second kappa shape index (κ2) is 5.53. The molecule has 1 amide bonds. The van der Waals surface area contributed by atoms with Crippen molar-refractivity contribution >= 4 is 33.9 Å². The Labute approximate surface area is 126 Å². The number of hydrogen-bond donors (Lipinski definition) is 2. The van der Waals surface area contributed by atoms with Crippen molar-refractivity contribution in [3.63, 3.8) is 0 Å². The highest BCUT2D eigenvalue weighted by atomic mass is 32.1. The number of nitrogens with zero attached hydrogens (tertiary/aromatic N) is 1. The number of esters is 1. The molecule has 1 aliphatic rings. The molecule has 1 saturated heterocycles. The molecule has 0 unspecified atom stereocenters. The summed E-state index contributed by atoms with van der Waals surface area (Å²) in [6, 6.07) is 0. The zero-order chi connectivity index (χ0) is 15.8. The van der Waals surface area contributed by atoms with Crippen LogP contribution in [0, 0.1) is 0 Å². The minimum absolute atomic E-state index is 0.0821. The summed E-state index contributed by atoms with van der Waals surface area (Å²) in [5.74, 6) is -1.23. The van der Waals surface area contributed by atoms with Crippen LogP contribution in [0.4, 0.5) is 10.7 Å². The molecule has 116 valence electrons. The van der Waals surface area contributed by atoms with Gasteiger partial charge in [0.05, 0.1) is 30.6 Å². The molecule has 0 bridgehead atoms. The lowest BCUT2D eigenvalue weighted by Crippen LogP contribution is -2.48. The molecule has 2 heterocycles. The fourth-order valence-electron chi connectivity index (χ4n) is 2.33. The van der Waals surface area contributed by atoms with E-state index in [2.05, 4.69) is 4.74 Å².